The lowest BCUT2D eigenvalue weighted by atomic mass is 9.48. The minimum atomic E-state index is -2.27. The molecule has 2 amide bonds. The number of aromatic hydroxyl groups is 1. The molecular formula is C33H36N2O11. The van der Waals surface area contributed by atoms with Gasteiger partial charge in [0.2, 0.25) is 5.91 Å². The molecule has 3 aliphatic carbocycles. The van der Waals surface area contributed by atoms with Crippen molar-refractivity contribution in [2.24, 2.45) is 5.92 Å². The minimum Gasteiger partial charge on any atom is -0.504 e. The van der Waals surface area contributed by atoms with E-state index in [2.05, 4.69) is 4.90 Å². The number of benzene rings is 2. The SMILES string of the molecule is O=C(O)C(O)C(O)C(=O)O.O=C1Cc2ccccc2C(=O)N1[C@@H]1CC[C@@]2(O)[C@H]3Cc4ccc(O)c5c4[C@@]2(CCN3CC2CC2)[C@H]1O5. The Morgan fingerprint density at radius 3 is 2.33 bits per heavy atom. The van der Waals surface area contributed by atoms with E-state index in [1.54, 1.807) is 12.1 Å². The smallest absolute Gasteiger partial charge is 0.335 e. The summed E-state index contributed by atoms with van der Waals surface area (Å²) in [6.45, 7) is 1.85. The van der Waals surface area contributed by atoms with E-state index in [1.165, 1.54) is 17.7 Å². The first-order valence-corrected chi connectivity index (χ1v) is 15.6. The van der Waals surface area contributed by atoms with E-state index < -0.39 is 47.3 Å². The number of rotatable bonds is 6. The molecule has 46 heavy (non-hydrogen) atoms. The van der Waals surface area contributed by atoms with E-state index in [1.807, 2.05) is 24.3 Å². The molecule has 6 aliphatic rings. The Hall–Kier alpha value is -4.04. The molecule has 2 aromatic carbocycles. The molecule has 2 saturated carbocycles. The summed E-state index contributed by atoms with van der Waals surface area (Å²) in [4.78, 5) is 50.5. The monoisotopic (exact) mass is 636 g/mol. The average Bonchev–Trinajstić information content (AvgIpc) is 3.77. The van der Waals surface area contributed by atoms with Gasteiger partial charge in [0.25, 0.3) is 5.91 Å². The number of piperidine rings is 1. The number of phenolic OH excluding ortho intramolecular Hbond substituents is 1. The third-order valence-electron chi connectivity index (χ3n) is 10.9. The summed E-state index contributed by atoms with van der Waals surface area (Å²) in [5.41, 5.74) is 1.57. The van der Waals surface area contributed by atoms with Gasteiger partial charge in [-0.25, -0.2) is 9.59 Å². The van der Waals surface area contributed by atoms with Crippen LogP contribution in [-0.4, -0.2) is 113 Å². The third-order valence-corrected chi connectivity index (χ3v) is 10.9. The fourth-order valence-electron chi connectivity index (χ4n) is 8.70. The molecule has 6 N–H and O–H groups in total. The summed E-state index contributed by atoms with van der Waals surface area (Å²) in [7, 11) is 0. The number of carbonyl (C=O) groups is 4. The van der Waals surface area contributed by atoms with E-state index in [9.17, 15) is 29.4 Å². The van der Waals surface area contributed by atoms with E-state index >= 15 is 0 Å². The van der Waals surface area contributed by atoms with Crippen LogP contribution in [0.1, 0.15) is 59.2 Å². The van der Waals surface area contributed by atoms with Gasteiger partial charge in [0.15, 0.2) is 23.7 Å². The maximum Gasteiger partial charge on any atom is 0.335 e. The molecule has 3 heterocycles. The number of hydrogen-bond acceptors (Lipinski definition) is 10. The number of ether oxygens (including phenoxy) is 1. The predicted molar refractivity (Wildman–Crippen MR) is 157 cm³/mol. The zero-order valence-electron chi connectivity index (χ0n) is 24.9. The van der Waals surface area contributed by atoms with Gasteiger partial charge >= 0.3 is 11.9 Å². The molecule has 1 spiro atoms. The second kappa shape index (κ2) is 10.8. The number of hydrogen-bond donors (Lipinski definition) is 6. The number of likely N-dealkylation sites (tertiary alicyclic amines) is 1. The van der Waals surface area contributed by atoms with Crippen LogP contribution in [0.4, 0.5) is 0 Å². The fourth-order valence-corrected chi connectivity index (χ4v) is 8.70. The fraction of sp³-hybridized carbons (Fsp3) is 0.515. The number of nitrogens with zero attached hydrogens (tertiary/aromatic N) is 2. The first-order valence-electron chi connectivity index (χ1n) is 15.6. The lowest BCUT2D eigenvalue weighted by Crippen LogP contribution is -2.78. The van der Waals surface area contributed by atoms with Crippen LogP contribution in [0.25, 0.3) is 0 Å². The Bertz CT molecular complexity index is 1620. The quantitative estimate of drug-likeness (QED) is 0.239. The number of aliphatic hydroxyl groups is 3. The average molecular weight is 637 g/mol. The van der Waals surface area contributed by atoms with Crippen molar-refractivity contribution < 1.29 is 54.6 Å². The highest BCUT2D eigenvalue weighted by atomic mass is 16.5. The summed E-state index contributed by atoms with van der Waals surface area (Å²) >= 11 is 0. The molecule has 8 rings (SSSR count). The Morgan fingerprint density at radius 1 is 0.957 bits per heavy atom. The van der Waals surface area contributed by atoms with Crippen molar-refractivity contribution in [3.05, 3.63) is 58.7 Å². The van der Waals surface area contributed by atoms with Gasteiger partial charge < -0.3 is 35.4 Å². The largest absolute Gasteiger partial charge is 0.504 e. The van der Waals surface area contributed by atoms with Crippen LogP contribution in [0.3, 0.4) is 0 Å². The Morgan fingerprint density at radius 2 is 1.65 bits per heavy atom. The molecule has 2 bridgehead atoms. The lowest BCUT2D eigenvalue weighted by Gasteiger charge is -2.64. The Kier molecular flexibility index (Phi) is 7.16. The van der Waals surface area contributed by atoms with Crippen molar-refractivity contribution in [2.75, 3.05) is 13.1 Å². The van der Waals surface area contributed by atoms with Gasteiger partial charge in [-0.05, 0) is 74.2 Å². The number of fused-ring (bicyclic) bond motifs is 1. The van der Waals surface area contributed by atoms with Crippen LogP contribution >= 0.6 is 0 Å². The maximum absolute atomic E-state index is 13.7. The van der Waals surface area contributed by atoms with Crippen molar-refractivity contribution in [2.45, 2.75) is 86.4 Å². The molecule has 7 atom stereocenters. The Balaban J connectivity index is 0.000000296. The second-order valence-electron chi connectivity index (χ2n) is 13.4. The van der Waals surface area contributed by atoms with Gasteiger partial charge in [0.05, 0.1) is 23.5 Å². The highest BCUT2D eigenvalue weighted by molar-refractivity contribution is 6.10. The second-order valence-corrected chi connectivity index (χ2v) is 13.4. The molecular weight excluding hydrogens is 600 g/mol. The molecule has 0 aromatic heterocycles. The normalized spacial score (nSPS) is 31.9. The van der Waals surface area contributed by atoms with Gasteiger partial charge in [0.1, 0.15) is 6.10 Å². The van der Waals surface area contributed by atoms with Crippen LogP contribution in [-0.2, 0) is 32.6 Å². The number of aliphatic carboxylic acids is 2. The maximum atomic E-state index is 13.7. The third kappa shape index (κ3) is 4.36. The van der Waals surface area contributed by atoms with Crippen molar-refractivity contribution >= 4 is 23.8 Å². The summed E-state index contributed by atoms with van der Waals surface area (Å²) in [6, 6.07) is 10.5. The van der Waals surface area contributed by atoms with Gasteiger partial charge in [-0.15, -0.1) is 0 Å². The minimum absolute atomic E-state index is 0.0321. The van der Waals surface area contributed by atoms with E-state index in [0.717, 1.165) is 42.1 Å². The number of carboxylic acids is 2. The number of carboxylic acid groups (broad SMARTS) is 2. The first kappa shape index (κ1) is 30.6. The van der Waals surface area contributed by atoms with Crippen LogP contribution in [0.15, 0.2) is 36.4 Å². The van der Waals surface area contributed by atoms with E-state index in [-0.39, 0.29) is 30.0 Å². The number of carbonyl (C=O) groups excluding carboxylic acids is 2. The number of imide groups is 1. The molecule has 244 valence electrons. The van der Waals surface area contributed by atoms with Gasteiger partial charge in [-0.3, -0.25) is 19.4 Å². The van der Waals surface area contributed by atoms with Crippen molar-refractivity contribution in [1.29, 1.82) is 0 Å². The molecule has 3 fully saturated rings. The predicted octanol–water partition coefficient (Wildman–Crippen LogP) is 0.427. The van der Waals surface area contributed by atoms with Crippen LogP contribution in [0.5, 0.6) is 11.5 Å². The highest BCUT2D eigenvalue weighted by Gasteiger charge is 2.74. The topological polar surface area (TPSA) is 205 Å². The first-order chi connectivity index (χ1) is 21.9. The summed E-state index contributed by atoms with van der Waals surface area (Å²) in [6.07, 6.45) is -0.0165. The zero-order valence-corrected chi connectivity index (χ0v) is 24.9. The van der Waals surface area contributed by atoms with Crippen molar-refractivity contribution in [3.8, 4) is 11.5 Å². The molecule has 13 nitrogen and oxygen atoms in total. The highest BCUT2D eigenvalue weighted by Crippen LogP contribution is 2.66. The van der Waals surface area contributed by atoms with Crippen LogP contribution < -0.4 is 4.74 Å². The molecule has 13 heteroatoms. The lowest BCUT2D eigenvalue weighted by molar-refractivity contribution is -0.199. The van der Waals surface area contributed by atoms with Gasteiger partial charge in [-0.2, -0.15) is 0 Å². The number of phenols is 1. The van der Waals surface area contributed by atoms with Crippen LogP contribution in [0.2, 0.25) is 0 Å². The molecule has 2 unspecified atom stereocenters. The zero-order chi connectivity index (χ0) is 32.7. The number of aliphatic hydroxyl groups excluding tert-OH is 2. The van der Waals surface area contributed by atoms with Crippen LogP contribution in [0, 0.1) is 5.92 Å². The van der Waals surface area contributed by atoms with E-state index in [0.29, 0.717) is 30.6 Å². The Labute approximate surface area is 263 Å². The standard InChI is InChI=1S/C29H30N2O5.C4H6O6/c32-21-8-7-18-13-22-29(35)10-9-20(31-23(33)14-17-3-1-2-4-19(17)27(31)34)26-28(29,24(18)25(21)36-26)11-12-30(22)15-16-5-6-16;5-1(3(7)8)2(6)4(9)10/h1-4,7-8,16,20,22,26,32,35H,5-6,9-15H2;1-2,5-6H,(H,7,8)(H,9,10)/t20-,22-,26+,28+,29-;/m1./s1. The molecule has 0 radical (unpaired) electrons. The summed E-state index contributed by atoms with van der Waals surface area (Å²) < 4.78 is 6.58. The van der Waals surface area contributed by atoms with Gasteiger partial charge in [0, 0.05) is 23.7 Å². The summed E-state index contributed by atoms with van der Waals surface area (Å²) in [5, 5.41) is 56.0. The van der Waals surface area contributed by atoms with Crippen molar-refractivity contribution in [1.82, 2.24) is 9.80 Å². The van der Waals surface area contributed by atoms with E-state index in [4.69, 9.17) is 25.2 Å². The molecule has 2 aromatic rings. The summed E-state index contributed by atoms with van der Waals surface area (Å²) in [5.74, 6) is -2.81. The molecule has 3 aliphatic heterocycles. The van der Waals surface area contributed by atoms with Crippen molar-refractivity contribution in [3.63, 3.8) is 0 Å². The molecule has 1 saturated heterocycles. The number of amides is 2. The van der Waals surface area contributed by atoms with Gasteiger partial charge in [-0.1, -0.05) is 24.3 Å².